The minimum atomic E-state index is -0.0865. The van der Waals surface area contributed by atoms with E-state index in [1.807, 2.05) is 53.4 Å². The Labute approximate surface area is 246 Å². The van der Waals surface area contributed by atoms with E-state index in [1.165, 1.54) is 11.1 Å². The molecule has 1 atom stereocenters. The van der Waals surface area contributed by atoms with Crippen LogP contribution in [0.4, 0.5) is 5.69 Å². The van der Waals surface area contributed by atoms with E-state index in [-0.39, 0.29) is 17.2 Å². The molecule has 0 saturated carbocycles. The minimum Gasteiger partial charge on any atom is -0.339 e. The number of aromatic nitrogens is 1. The van der Waals surface area contributed by atoms with Crippen molar-refractivity contribution in [2.75, 3.05) is 31.5 Å². The first-order chi connectivity index (χ1) is 19.6. The fraction of sp³-hybridized carbons (Fsp3) is 0.457. The van der Waals surface area contributed by atoms with Crippen molar-refractivity contribution in [3.05, 3.63) is 95.3 Å². The number of amides is 2. The zero-order valence-electron chi connectivity index (χ0n) is 25.4. The van der Waals surface area contributed by atoms with Gasteiger partial charge in [0.05, 0.1) is 5.56 Å². The van der Waals surface area contributed by atoms with Crippen LogP contribution in [0.1, 0.15) is 85.7 Å². The maximum absolute atomic E-state index is 12.9. The molecule has 1 aromatic heterocycles. The summed E-state index contributed by atoms with van der Waals surface area (Å²) in [4.78, 5) is 34.4. The van der Waals surface area contributed by atoms with Crippen LogP contribution in [0.2, 0.25) is 0 Å². The summed E-state index contributed by atoms with van der Waals surface area (Å²) in [6.07, 6.45) is 7.43. The van der Waals surface area contributed by atoms with E-state index in [1.54, 1.807) is 12.4 Å². The van der Waals surface area contributed by atoms with Gasteiger partial charge in [0.2, 0.25) is 0 Å². The zero-order chi connectivity index (χ0) is 29.4. The standard InChI is InChI=1S/C35H46N4O2/c1-6-19-39(25-27-16-20-38(21-17-27)34(41)30-10-8-18-36-24-30)26(2)22-28-9-7-11-32(23-28)37-33(40)29-12-14-31(15-13-29)35(3,4)5/h7-15,18,23-24,26-27H,6,16-17,19-22,25H2,1-5H3,(H,37,40). The fourth-order valence-electron chi connectivity index (χ4n) is 5.67. The van der Waals surface area contributed by atoms with Gasteiger partial charge in [0.25, 0.3) is 11.8 Å². The summed E-state index contributed by atoms with van der Waals surface area (Å²) in [5.74, 6) is 0.582. The van der Waals surface area contributed by atoms with Gasteiger partial charge in [0, 0.05) is 49.3 Å². The van der Waals surface area contributed by atoms with Crippen molar-refractivity contribution in [1.29, 1.82) is 0 Å². The maximum atomic E-state index is 12.9. The second-order valence-corrected chi connectivity index (χ2v) is 12.5. The van der Waals surface area contributed by atoms with Crippen molar-refractivity contribution < 1.29 is 9.59 Å². The first kappa shape index (κ1) is 30.4. The number of nitrogens with zero attached hydrogens (tertiary/aromatic N) is 3. The zero-order valence-corrected chi connectivity index (χ0v) is 25.4. The van der Waals surface area contributed by atoms with E-state index in [0.717, 1.165) is 57.5 Å². The van der Waals surface area contributed by atoms with Crippen LogP contribution in [-0.2, 0) is 11.8 Å². The van der Waals surface area contributed by atoms with Crippen molar-refractivity contribution in [1.82, 2.24) is 14.8 Å². The lowest BCUT2D eigenvalue weighted by molar-refractivity contribution is 0.0651. The highest BCUT2D eigenvalue weighted by molar-refractivity contribution is 6.04. The lowest BCUT2D eigenvalue weighted by Crippen LogP contribution is -2.44. The van der Waals surface area contributed by atoms with Crippen LogP contribution >= 0.6 is 0 Å². The van der Waals surface area contributed by atoms with Crippen LogP contribution in [-0.4, -0.2) is 58.8 Å². The Morgan fingerprint density at radius 2 is 1.76 bits per heavy atom. The number of hydrogen-bond acceptors (Lipinski definition) is 4. The Hall–Kier alpha value is -3.51. The van der Waals surface area contributed by atoms with Gasteiger partial charge in [-0.15, -0.1) is 0 Å². The quantitative estimate of drug-likeness (QED) is 0.298. The van der Waals surface area contributed by atoms with Crippen molar-refractivity contribution >= 4 is 17.5 Å². The molecule has 0 aliphatic carbocycles. The summed E-state index contributed by atoms with van der Waals surface area (Å²) < 4.78 is 0. The number of carbonyl (C=O) groups excluding carboxylic acids is 2. The predicted molar refractivity (Wildman–Crippen MR) is 167 cm³/mol. The summed E-state index contributed by atoms with van der Waals surface area (Å²) in [6, 6.07) is 20.2. The average molecular weight is 555 g/mol. The Bertz CT molecular complexity index is 1280. The Morgan fingerprint density at radius 1 is 1.02 bits per heavy atom. The van der Waals surface area contributed by atoms with Gasteiger partial charge in [0.15, 0.2) is 0 Å². The van der Waals surface area contributed by atoms with Crippen molar-refractivity contribution in [2.45, 2.75) is 71.8 Å². The van der Waals surface area contributed by atoms with Gasteiger partial charge < -0.3 is 15.1 Å². The molecule has 1 fully saturated rings. The van der Waals surface area contributed by atoms with Gasteiger partial charge in [-0.25, -0.2) is 0 Å². The molecule has 6 nitrogen and oxygen atoms in total. The number of rotatable bonds is 10. The molecule has 1 aliphatic heterocycles. The Kier molecular flexibility index (Phi) is 10.3. The van der Waals surface area contributed by atoms with Crippen LogP contribution < -0.4 is 5.32 Å². The highest BCUT2D eigenvalue weighted by Gasteiger charge is 2.26. The molecule has 218 valence electrons. The molecular formula is C35H46N4O2. The van der Waals surface area contributed by atoms with Crippen LogP contribution in [0.25, 0.3) is 0 Å². The molecule has 4 rings (SSSR count). The van der Waals surface area contributed by atoms with Crippen molar-refractivity contribution in [2.24, 2.45) is 5.92 Å². The van der Waals surface area contributed by atoms with E-state index in [0.29, 0.717) is 23.1 Å². The van der Waals surface area contributed by atoms with Crippen LogP contribution in [0, 0.1) is 5.92 Å². The van der Waals surface area contributed by atoms with Gasteiger partial charge >= 0.3 is 0 Å². The first-order valence-electron chi connectivity index (χ1n) is 15.1. The molecule has 1 N–H and O–H groups in total. The van der Waals surface area contributed by atoms with Crippen LogP contribution in [0.15, 0.2) is 73.1 Å². The number of nitrogens with one attached hydrogen (secondary N) is 1. The molecule has 0 bridgehead atoms. The van der Waals surface area contributed by atoms with E-state index in [4.69, 9.17) is 0 Å². The van der Waals surface area contributed by atoms with Crippen molar-refractivity contribution in [3.8, 4) is 0 Å². The molecule has 3 aromatic rings. The van der Waals surface area contributed by atoms with Crippen molar-refractivity contribution in [3.63, 3.8) is 0 Å². The number of benzene rings is 2. The summed E-state index contributed by atoms with van der Waals surface area (Å²) in [6.45, 7) is 14.8. The molecule has 1 aliphatic rings. The minimum absolute atomic E-state index is 0.0579. The topological polar surface area (TPSA) is 65.5 Å². The Balaban J connectivity index is 1.31. The highest BCUT2D eigenvalue weighted by atomic mass is 16.2. The summed E-state index contributed by atoms with van der Waals surface area (Å²) in [5, 5.41) is 3.09. The Morgan fingerprint density at radius 3 is 2.39 bits per heavy atom. The summed E-state index contributed by atoms with van der Waals surface area (Å²) >= 11 is 0. The fourth-order valence-corrected chi connectivity index (χ4v) is 5.67. The number of hydrogen-bond donors (Lipinski definition) is 1. The monoisotopic (exact) mass is 554 g/mol. The van der Waals surface area contributed by atoms with Gasteiger partial charge in [-0.3, -0.25) is 14.6 Å². The smallest absolute Gasteiger partial charge is 0.255 e. The van der Waals surface area contributed by atoms with E-state index in [2.05, 4.69) is 62.0 Å². The third-order valence-electron chi connectivity index (χ3n) is 8.17. The molecular weight excluding hydrogens is 508 g/mol. The van der Waals surface area contributed by atoms with E-state index < -0.39 is 0 Å². The highest BCUT2D eigenvalue weighted by Crippen LogP contribution is 2.24. The van der Waals surface area contributed by atoms with Crippen LogP contribution in [0.3, 0.4) is 0 Å². The number of piperidine rings is 1. The summed E-state index contributed by atoms with van der Waals surface area (Å²) in [5.41, 5.74) is 4.65. The van der Waals surface area contributed by atoms with Gasteiger partial charge in [-0.2, -0.15) is 0 Å². The second kappa shape index (κ2) is 13.9. The molecule has 2 heterocycles. The number of anilines is 1. The average Bonchev–Trinajstić information content (AvgIpc) is 2.97. The SMILES string of the molecule is CCCN(CC1CCN(C(=O)c2cccnc2)CC1)C(C)Cc1cccc(NC(=O)c2ccc(C(C)(C)C)cc2)c1. The molecule has 0 radical (unpaired) electrons. The number of carbonyl (C=O) groups is 2. The lowest BCUT2D eigenvalue weighted by atomic mass is 9.87. The van der Waals surface area contributed by atoms with Gasteiger partial charge in [0.1, 0.15) is 0 Å². The molecule has 0 spiro atoms. The predicted octanol–water partition coefficient (Wildman–Crippen LogP) is 6.83. The van der Waals surface area contributed by atoms with Gasteiger partial charge in [-0.05, 0) is 98.0 Å². The van der Waals surface area contributed by atoms with Crippen LogP contribution in [0.5, 0.6) is 0 Å². The molecule has 2 amide bonds. The molecule has 6 heteroatoms. The molecule has 1 saturated heterocycles. The molecule has 41 heavy (non-hydrogen) atoms. The first-order valence-corrected chi connectivity index (χ1v) is 15.1. The largest absolute Gasteiger partial charge is 0.339 e. The van der Waals surface area contributed by atoms with Gasteiger partial charge in [-0.1, -0.05) is 52.0 Å². The molecule has 1 unspecified atom stereocenters. The van der Waals surface area contributed by atoms with E-state index in [9.17, 15) is 9.59 Å². The third-order valence-corrected chi connectivity index (χ3v) is 8.17. The third kappa shape index (κ3) is 8.49. The lowest BCUT2D eigenvalue weighted by Gasteiger charge is -2.37. The number of pyridine rings is 1. The van der Waals surface area contributed by atoms with E-state index >= 15 is 0 Å². The normalized spacial score (nSPS) is 15.1. The second-order valence-electron chi connectivity index (χ2n) is 12.5. The summed E-state index contributed by atoms with van der Waals surface area (Å²) in [7, 11) is 0. The maximum Gasteiger partial charge on any atom is 0.255 e. The number of likely N-dealkylation sites (tertiary alicyclic amines) is 1. The molecule has 2 aromatic carbocycles.